The van der Waals surface area contributed by atoms with Crippen molar-refractivity contribution in [2.75, 3.05) is 23.4 Å². The van der Waals surface area contributed by atoms with E-state index >= 15 is 0 Å². The number of anilines is 2. The van der Waals surface area contributed by atoms with Crippen LogP contribution in [0.3, 0.4) is 0 Å². The van der Waals surface area contributed by atoms with Crippen LogP contribution < -0.4 is 15.0 Å². The maximum atomic E-state index is 12.2. The molecule has 0 saturated heterocycles. The molecule has 0 atom stereocenters. The fraction of sp³-hybridized carbons (Fsp3) is 0.176. The molecular weight excluding hydrogens is 326 g/mol. The highest BCUT2D eigenvalue weighted by Gasteiger charge is 2.28. The first-order chi connectivity index (χ1) is 12.0. The van der Waals surface area contributed by atoms with Crippen molar-refractivity contribution in [2.45, 2.75) is 6.42 Å². The van der Waals surface area contributed by atoms with Crippen LogP contribution >= 0.6 is 0 Å². The van der Waals surface area contributed by atoms with Crippen LogP contribution in [0.4, 0.5) is 11.5 Å². The van der Waals surface area contributed by atoms with Crippen molar-refractivity contribution in [1.29, 1.82) is 0 Å². The van der Waals surface area contributed by atoms with Crippen LogP contribution in [0.1, 0.15) is 5.56 Å². The Kier molecular flexibility index (Phi) is 4.60. The zero-order valence-electron chi connectivity index (χ0n) is 13.1. The molecule has 3 rings (SSSR count). The van der Waals surface area contributed by atoms with Crippen LogP contribution in [0.15, 0.2) is 42.6 Å². The van der Waals surface area contributed by atoms with Gasteiger partial charge in [-0.05, 0) is 29.8 Å². The summed E-state index contributed by atoms with van der Waals surface area (Å²) in [5.74, 6) is -0.900. The number of nitrogens with zero attached hydrogens (tertiary/aromatic N) is 2. The molecular formula is C17H15N3O5. The number of hydrogen-bond donors (Lipinski definition) is 2. The number of hydrogen-bond acceptors (Lipinski definition) is 5. The number of aromatic nitrogens is 1. The number of ether oxygens (including phenoxy) is 1. The summed E-state index contributed by atoms with van der Waals surface area (Å²) < 4.78 is 5.28. The maximum absolute atomic E-state index is 12.2. The summed E-state index contributed by atoms with van der Waals surface area (Å²) in [6.45, 7) is -0.334. The summed E-state index contributed by atoms with van der Waals surface area (Å²) >= 11 is 0. The lowest BCUT2D eigenvalue weighted by Crippen LogP contribution is -2.43. The smallest absolute Gasteiger partial charge is 0.307 e. The Balaban J connectivity index is 1.66. The van der Waals surface area contributed by atoms with E-state index in [1.807, 2.05) is 0 Å². The molecule has 0 fully saturated rings. The highest BCUT2D eigenvalue weighted by atomic mass is 16.5. The Labute approximate surface area is 143 Å². The first kappa shape index (κ1) is 16.4. The number of rotatable bonds is 5. The van der Waals surface area contributed by atoms with Crippen molar-refractivity contribution in [3.05, 3.63) is 48.2 Å². The van der Waals surface area contributed by atoms with Crippen molar-refractivity contribution in [1.82, 2.24) is 4.98 Å². The minimum atomic E-state index is -0.922. The van der Waals surface area contributed by atoms with Gasteiger partial charge in [-0.15, -0.1) is 0 Å². The van der Waals surface area contributed by atoms with Gasteiger partial charge in [0.05, 0.1) is 6.42 Å². The molecule has 25 heavy (non-hydrogen) atoms. The molecule has 2 aromatic rings. The molecule has 0 aliphatic carbocycles. The van der Waals surface area contributed by atoms with Gasteiger partial charge in [0.2, 0.25) is 5.91 Å². The molecule has 1 aromatic heterocycles. The predicted molar refractivity (Wildman–Crippen MR) is 88.5 cm³/mol. The van der Waals surface area contributed by atoms with Crippen LogP contribution in [-0.4, -0.2) is 41.0 Å². The van der Waals surface area contributed by atoms with E-state index in [0.717, 1.165) is 0 Å². The normalized spacial score (nSPS) is 13.0. The monoisotopic (exact) mass is 341 g/mol. The van der Waals surface area contributed by atoms with Crippen LogP contribution in [-0.2, 0) is 20.8 Å². The van der Waals surface area contributed by atoms with E-state index in [1.54, 1.807) is 36.4 Å². The number of carboxylic acids is 1. The van der Waals surface area contributed by atoms with Crippen molar-refractivity contribution < 1.29 is 24.2 Å². The lowest BCUT2D eigenvalue weighted by atomic mass is 10.1. The number of fused-ring (bicyclic) bond motifs is 1. The Morgan fingerprint density at radius 1 is 1.24 bits per heavy atom. The van der Waals surface area contributed by atoms with Crippen molar-refractivity contribution in [3.63, 3.8) is 0 Å². The minimum Gasteiger partial charge on any atom is -0.481 e. The SMILES string of the molecule is O=C(O)Cc1ccc(NC(=O)CN2C(=O)COc3cccnc32)cc1. The fourth-order valence-corrected chi connectivity index (χ4v) is 2.42. The number of amides is 2. The van der Waals surface area contributed by atoms with E-state index in [1.165, 1.54) is 11.1 Å². The fourth-order valence-electron chi connectivity index (χ4n) is 2.42. The molecule has 1 aliphatic rings. The van der Waals surface area contributed by atoms with Gasteiger partial charge in [-0.3, -0.25) is 19.3 Å². The third-order valence-corrected chi connectivity index (χ3v) is 3.55. The predicted octanol–water partition coefficient (Wildman–Crippen LogP) is 1.07. The molecule has 0 radical (unpaired) electrons. The van der Waals surface area contributed by atoms with E-state index in [2.05, 4.69) is 10.3 Å². The quantitative estimate of drug-likeness (QED) is 0.842. The number of nitrogens with one attached hydrogen (secondary N) is 1. The van der Waals surface area contributed by atoms with Crippen molar-refractivity contribution >= 4 is 29.3 Å². The van der Waals surface area contributed by atoms with Crippen LogP contribution in [0, 0.1) is 0 Å². The van der Waals surface area contributed by atoms with E-state index in [-0.39, 0.29) is 25.5 Å². The molecule has 2 amide bonds. The Hall–Kier alpha value is -3.42. The van der Waals surface area contributed by atoms with Gasteiger partial charge in [-0.1, -0.05) is 12.1 Å². The summed E-state index contributed by atoms with van der Waals surface area (Å²) in [5.41, 5.74) is 1.15. The van der Waals surface area contributed by atoms with Crippen LogP contribution in [0.2, 0.25) is 0 Å². The zero-order chi connectivity index (χ0) is 17.8. The second-order valence-electron chi connectivity index (χ2n) is 5.41. The Morgan fingerprint density at radius 2 is 2.00 bits per heavy atom. The number of carboxylic acid groups (broad SMARTS) is 1. The van der Waals surface area contributed by atoms with Crippen molar-refractivity contribution in [3.8, 4) is 5.75 Å². The summed E-state index contributed by atoms with van der Waals surface area (Å²) in [6, 6.07) is 9.85. The molecule has 8 nitrogen and oxygen atoms in total. The number of carbonyl (C=O) groups is 3. The third-order valence-electron chi connectivity index (χ3n) is 3.55. The number of aliphatic carboxylic acids is 1. The summed E-state index contributed by atoms with van der Waals surface area (Å²) in [7, 11) is 0. The van der Waals surface area contributed by atoms with E-state index in [0.29, 0.717) is 22.8 Å². The maximum Gasteiger partial charge on any atom is 0.307 e. The lowest BCUT2D eigenvalue weighted by molar-refractivity contribution is -0.136. The van der Waals surface area contributed by atoms with Gasteiger partial charge in [-0.25, -0.2) is 4.98 Å². The van der Waals surface area contributed by atoms with Crippen LogP contribution in [0.25, 0.3) is 0 Å². The topological polar surface area (TPSA) is 109 Å². The molecule has 128 valence electrons. The van der Waals surface area contributed by atoms with Crippen LogP contribution in [0.5, 0.6) is 5.75 Å². The first-order valence-corrected chi connectivity index (χ1v) is 7.51. The molecule has 2 heterocycles. The molecule has 0 spiro atoms. The highest BCUT2D eigenvalue weighted by Crippen LogP contribution is 2.28. The van der Waals surface area contributed by atoms with E-state index in [4.69, 9.17) is 9.84 Å². The molecule has 0 bridgehead atoms. The first-order valence-electron chi connectivity index (χ1n) is 7.51. The molecule has 0 saturated carbocycles. The summed E-state index contributed by atoms with van der Waals surface area (Å²) in [5, 5.41) is 11.4. The lowest BCUT2D eigenvalue weighted by Gasteiger charge is -2.27. The second kappa shape index (κ2) is 7.00. The zero-order valence-corrected chi connectivity index (χ0v) is 13.1. The number of carbonyl (C=O) groups excluding carboxylic acids is 2. The van der Waals surface area contributed by atoms with Gasteiger partial charge in [-0.2, -0.15) is 0 Å². The van der Waals surface area contributed by atoms with Gasteiger partial charge >= 0.3 is 5.97 Å². The molecule has 2 N–H and O–H groups in total. The largest absolute Gasteiger partial charge is 0.481 e. The van der Waals surface area contributed by atoms with E-state index in [9.17, 15) is 14.4 Å². The van der Waals surface area contributed by atoms with E-state index < -0.39 is 11.9 Å². The Bertz CT molecular complexity index is 819. The third kappa shape index (κ3) is 3.92. The molecule has 1 aliphatic heterocycles. The average Bonchev–Trinajstić information content (AvgIpc) is 2.59. The van der Waals surface area contributed by atoms with Gasteiger partial charge in [0.1, 0.15) is 6.54 Å². The van der Waals surface area contributed by atoms with Gasteiger partial charge in [0.25, 0.3) is 5.91 Å². The molecule has 0 unspecified atom stereocenters. The highest BCUT2D eigenvalue weighted by molar-refractivity contribution is 6.04. The Morgan fingerprint density at radius 3 is 2.72 bits per heavy atom. The second-order valence-corrected chi connectivity index (χ2v) is 5.41. The average molecular weight is 341 g/mol. The van der Waals surface area contributed by atoms with Gasteiger partial charge in [0.15, 0.2) is 18.2 Å². The summed E-state index contributed by atoms with van der Waals surface area (Å²) in [4.78, 5) is 40.3. The molecule has 1 aromatic carbocycles. The van der Waals surface area contributed by atoms with Crippen molar-refractivity contribution in [2.24, 2.45) is 0 Å². The molecule has 8 heteroatoms. The summed E-state index contributed by atoms with van der Waals surface area (Å²) in [6.07, 6.45) is 1.44. The minimum absolute atomic E-state index is 0.0844. The van der Waals surface area contributed by atoms with Gasteiger partial charge < -0.3 is 15.2 Å². The number of pyridine rings is 1. The standard InChI is InChI=1S/C17H15N3O5/c21-14(19-12-5-3-11(4-6-12)8-16(23)24)9-20-15(22)10-25-13-2-1-7-18-17(13)20/h1-7H,8-10H2,(H,19,21)(H,23,24). The number of benzene rings is 1. The van der Waals surface area contributed by atoms with Gasteiger partial charge in [0, 0.05) is 11.9 Å².